The van der Waals surface area contributed by atoms with E-state index in [4.69, 9.17) is 14.2 Å². The second-order valence-electron chi connectivity index (χ2n) is 15.4. The lowest BCUT2D eigenvalue weighted by Gasteiger charge is -2.29. The molecule has 3 N–H and O–H groups in total. The van der Waals surface area contributed by atoms with Crippen molar-refractivity contribution in [3.05, 3.63) is 60.8 Å². The van der Waals surface area contributed by atoms with Gasteiger partial charge in [0, 0.05) is 13.0 Å². The number of nitrogens with zero attached hydrogens (tertiary/aromatic N) is 1. The van der Waals surface area contributed by atoms with E-state index in [2.05, 4.69) is 60.8 Å². The van der Waals surface area contributed by atoms with Crippen molar-refractivity contribution < 1.29 is 38.0 Å². The van der Waals surface area contributed by atoms with Crippen LogP contribution in [0.25, 0.3) is 0 Å². The molecule has 9 nitrogen and oxygen atoms in total. The van der Waals surface area contributed by atoms with Gasteiger partial charge < -0.3 is 34.0 Å². The topological polar surface area (TPSA) is 128 Å². The maximum Gasteiger partial charge on any atom is 0.268 e. The number of quaternary nitrogens is 1. The number of aliphatic hydroxyl groups is 2. The molecule has 1 unspecified atom stereocenters. The zero-order valence-electron chi connectivity index (χ0n) is 34.9. The fraction of sp³-hybridized carbons (Fsp3) is 0.750. The average Bonchev–Trinajstić information content (AvgIpc) is 3.12. The van der Waals surface area contributed by atoms with Crippen LogP contribution in [0.2, 0.25) is 0 Å². The second kappa shape index (κ2) is 36.8. The van der Waals surface area contributed by atoms with Crippen molar-refractivity contribution in [2.24, 2.45) is 0 Å². The Morgan fingerprint density at radius 1 is 0.685 bits per heavy atom. The molecule has 0 spiro atoms. The van der Waals surface area contributed by atoms with Crippen LogP contribution in [0, 0.1) is 0 Å². The predicted octanol–water partition coefficient (Wildman–Crippen LogP) is 9.81. The van der Waals surface area contributed by atoms with E-state index in [0.29, 0.717) is 17.4 Å². The highest BCUT2D eigenvalue weighted by atomic mass is 31.2. The largest absolute Gasteiger partial charge is 0.756 e. The molecule has 54 heavy (non-hydrogen) atoms. The average molecular weight is 781 g/mol. The molecule has 0 aromatic heterocycles. The van der Waals surface area contributed by atoms with E-state index in [1.165, 1.54) is 64.2 Å². The van der Waals surface area contributed by atoms with E-state index in [1.54, 1.807) is 6.08 Å². The van der Waals surface area contributed by atoms with Crippen molar-refractivity contribution in [1.29, 1.82) is 0 Å². The summed E-state index contributed by atoms with van der Waals surface area (Å²) in [6.07, 6.45) is 44.2. The van der Waals surface area contributed by atoms with Crippen LogP contribution >= 0.6 is 7.82 Å². The lowest BCUT2D eigenvalue weighted by Crippen LogP contribution is -2.45. The SMILES string of the molecule is CCCCCCCCCCCCCC/C=C/[C@@H](O)[C@H](COP(=O)([O-])OCC[N+](C)(C)C)NC(=O)CCC/C=C\C/C=C\C/C=C\C/C=C\CCCCCO. The molecule has 0 radical (unpaired) electrons. The molecule has 0 aliphatic rings. The van der Waals surface area contributed by atoms with Crippen LogP contribution in [-0.4, -0.2) is 80.3 Å². The molecule has 0 heterocycles. The van der Waals surface area contributed by atoms with Gasteiger partial charge in [0.25, 0.3) is 7.82 Å². The zero-order chi connectivity index (χ0) is 40.0. The Balaban J connectivity index is 4.57. The number of phosphoric ester groups is 1. The third-order valence-corrected chi connectivity index (χ3v) is 9.99. The summed E-state index contributed by atoms with van der Waals surface area (Å²) in [4.78, 5) is 25.2. The molecule has 1 amide bonds. The number of allylic oxidation sites excluding steroid dienone is 9. The molecule has 0 rings (SSSR count). The van der Waals surface area contributed by atoms with Crippen molar-refractivity contribution in [1.82, 2.24) is 5.32 Å². The van der Waals surface area contributed by atoms with E-state index in [1.807, 2.05) is 27.2 Å². The van der Waals surface area contributed by atoms with E-state index >= 15 is 0 Å². The van der Waals surface area contributed by atoms with Crippen molar-refractivity contribution in [2.45, 2.75) is 167 Å². The first-order valence-corrected chi connectivity index (χ1v) is 22.7. The lowest BCUT2D eigenvalue weighted by atomic mass is 10.0. The summed E-state index contributed by atoms with van der Waals surface area (Å²) in [5, 5.41) is 22.5. The quantitative estimate of drug-likeness (QED) is 0.0246. The highest BCUT2D eigenvalue weighted by Gasteiger charge is 2.23. The summed E-state index contributed by atoms with van der Waals surface area (Å²) < 4.78 is 23.1. The van der Waals surface area contributed by atoms with E-state index in [-0.39, 0.29) is 25.5 Å². The van der Waals surface area contributed by atoms with Gasteiger partial charge in [-0.15, -0.1) is 0 Å². The lowest BCUT2D eigenvalue weighted by molar-refractivity contribution is -0.870. The maximum absolute atomic E-state index is 12.8. The Labute approximate surface area is 331 Å². The highest BCUT2D eigenvalue weighted by Crippen LogP contribution is 2.38. The van der Waals surface area contributed by atoms with Crippen LogP contribution < -0.4 is 10.2 Å². The molecule has 0 aromatic rings. The molecule has 0 saturated heterocycles. The number of carbonyl (C=O) groups excluding carboxylic acids is 1. The van der Waals surface area contributed by atoms with Gasteiger partial charge in [0.15, 0.2) is 0 Å². The van der Waals surface area contributed by atoms with Gasteiger partial charge in [-0.1, -0.05) is 145 Å². The van der Waals surface area contributed by atoms with Crippen molar-refractivity contribution in [3.63, 3.8) is 0 Å². The minimum Gasteiger partial charge on any atom is -0.756 e. The summed E-state index contributed by atoms with van der Waals surface area (Å²) in [6, 6.07) is -0.923. The summed E-state index contributed by atoms with van der Waals surface area (Å²) >= 11 is 0. The summed E-state index contributed by atoms with van der Waals surface area (Å²) in [7, 11) is 1.20. The number of carbonyl (C=O) groups is 1. The number of unbranched alkanes of at least 4 members (excludes halogenated alkanes) is 16. The Bertz CT molecular complexity index is 1070. The second-order valence-corrected chi connectivity index (χ2v) is 16.8. The molecule has 0 aromatic carbocycles. The van der Waals surface area contributed by atoms with Crippen molar-refractivity contribution in [2.75, 3.05) is 47.5 Å². The minimum absolute atomic E-state index is 0.0187. The van der Waals surface area contributed by atoms with Crippen LogP contribution in [0.5, 0.6) is 0 Å². The number of hydrogen-bond donors (Lipinski definition) is 3. The number of aliphatic hydroxyl groups excluding tert-OH is 2. The monoisotopic (exact) mass is 781 g/mol. The fourth-order valence-corrected chi connectivity index (χ4v) is 6.32. The summed E-state index contributed by atoms with van der Waals surface area (Å²) in [6.45, 7) is 2.58. The van der Waals surface area contributed by atoms with Gasteiger partial charge in [0.2, 0.25) is 5.91 Å². The van der Waals surface area contributed by atoms with Gasteiger partial charge in [0.1, 0.15) is 13.2 Å². The van der Waals surface area contributed by atoms with E-state index in [0.717, 1.165) is 70.6 Å². The number of amides is 1. The van der Waals surface area contributed by atoms with Gasteiger partial charge in [-0.2, -0.15) is 0 Å². The van der Waals surface area contributed by atoms with Crippen LogP contribution in [0.15, 0.2) is 60.8 Å². The Morgan fingerprint density at radius 2 is 1.15 bits per heavy atom. The number of phosphoric acid groups is 1. The smallest absolute Gasteiger partial charge is 0.268 e. The maximum atomic E-state index is 12.8. The minimum atomic E-state index is -4.61. The van der Waals surface area contributed by atoms with E-state index in [9.17, 15) is 19.4 Å². The van der Waals surface area contributed by atoms with E-state index < -0.39 is 26.6 Å². The first kappa shape index (κ1) is 52.2. The number of nitrogens with one attached hydrogen (secondary N) is 1. The highest BCUT2D eigenvalue weighted by molar-refractivity contribution is 7.45. The van der Waals surface area contributed by atoms with Gasteiger partial charge >= 0.3 is 0 Å². The third-order valence-electron chi connectivity index (χ3n) is 9.03. The first-order chi connectivity index (χ1) is 26.0. The normalized spacial score (nSPS) is 15.0. The molecule has 0 saturated carbocycles. The molecular formula is C44H81N2O7P. The van der Waals surface area contributed by atoms with Gasteiger partial charge in [0.05, 0.1) is 39.9 Å². The molecule has 10 heteroatoms. The number of likely N-dealkylation sites (N-methyl/N-ethyl adjacent to an activating group) is 1. The van der Waals surface area contributed by atoms with Gasteiger partial charge in [-0.05, 0) is 64.2 Å². The van der Waals surface area contributed by atoms with Crippen LogP contribution in [0.4, 0.5) is 0 Å². The molecule has 0 fully saturated rings. The fourth-order valence-electron chi connectivity index (χ4n) is 5.59. The first-order valence-electron chi connectivity index (χ1n) is 21.3. The molecule has 0 bridgehead atoms. The van der Waals surface area contributed by atoms with Crippen molar-refractivity contribution >= 4 is 13.7 Å². The Kier molecular flexibility index (Phi) is 35.5. The Morgan fingerprint density at radius 3 is 1.67 bits per heavy atom. The standard InChI is InChI=1S/C44H81N2O7P/c1-5-6-7-8-9-10-11-12-18-21-24-27-30-33-36-43(48)42(41-53-54(50,51)52-40-38-46(2,3)4)45-44(49)37-34-31-28-25-22-19-16-14-13-15-17-20-23-26-29-32-35-39-47/h13,15-16,19-20,23,25,28,33,36,42-43,47-48H,5-12,14,17-18,21-22,24,26-27,29-32,34-35,37-41H2,1-4H3,(H-,45,49,50,51)/b15-13-,19-16-,23-20-,28-25-,36-33+/t42-,43+/m0/s1. The molecular weight excluding hydrogens is 699 g/mol. The molecule has 3 atom stereocenters. The zero-order valence-corrected chi connectivity index (χ0v) is 35.7. The summed E-state index contributed by atoms with van der Waals surface area (Å²) in [5.41, 5.74) is 0. The number of hydrogen-bond acceptors (Lipinski definition) is 7. The van der Waals surface area contributed by atoms with Gasteiger partial charge in [-0.3, -0.25) is 9.36 Å². The molecule has 0 aliphatic heterocycles. The van der Waals surface area contributed by atoms with Crippen LogP contribution in [0.3, 0.4) is 0 Å². The number of rotatable bonds is 38. The van der Waals surface area contributed by atoms with Crippen molar-refractivity contribution in [3.8, 4) is 0 Å². The molecule has 314 valence electrons. The molecule has 0 aliphatic carbocycles. The van der Waals surface area contributed by atoms with Crippen LogP contribution in [0.1, 0.15) is 155 Å². The Hall–Kier alpha value is -1.84. The third kappa shape index (κ3) is 38.4. The van der Waals surface area contributed by atoms with Crippen LogP contribution in [-0.2, 0) is 18.4 Å². The van der Waals surface area contributed by atoms with Gasteiger partial charge in [-0.25, -0.2) is 0 Å². The predicted molar refractivity (Wildman–Crippen MR) is 225 cm³/mol. The summed E-state index contributed by atoms with van der Waals surface area (Å²) in [5.74, 6) is -0.264.